The third-order valence-electron chi connectivity index (χ3n) is 3.52. The zero-order valence-corrected chi connectivity index (χ0v) is 12.3. The Balaban J connectivity index is 2.25. The summed E-state index contributed by atoms with van der Waals surface area (Å²) in [7, 11) is 3.78. The number of likely N-dealkylation sites (tertiary alicyclic amines) is 1. The lowest BCUT2D eigenvalue weighted by molar-refractivity contribution is 0.198. The number of nitrogens with zero attached hydrogens (tertiary/aromatic N) is 1. The fourth-order valence-electron chi connectivity index (χ4n) is 2.50. The van der Waals surface area contributed by atoms with Crippen molar-refractivity contribution in [3.8, 4) is 11.5 Å². The number of nitrogens with two attached hydrogens (primary N) is 1. The van der Waals surface area contributed by atoms with Gasteiger partial charge in [0, 0.05) is 24.2 Å². The lowest BCUT2D eigenvalue weighted by Gasteiger charge is -2.24. The molecule has 1 aliphatic heterocycles. The molecule has 2 rings (SSSR count). The first kappa shape index (κ1) is 14.2. The molecular formula is C15H24N2O2. The van der Waals surface area contributed by atoms with Gasteiger partial charge in [-0.25, -0.2) is 0 Å². The van der Waals surface area contributed by atoms with E-state index in [1.54, 1.807) is 7.11 Å². The normalized spacial score (nSPS) is 20.6. The number of benzene rings is 1. The highest BCUT2D eigenvalue weighted by Crippen LogP contribution is 2.37. The number of hydrogen-bond acceptors (Lipinski definition) is 4. The van der Waals surface area contributed by atoms with Gasteiger partial charge in [0.25, 0.3) is 0 Å². The van der Waals surface area contributed by atoms with Crippen molar-refractivity contribution in [1.82, 2.24) is 4.90 Å². The molecule has 0 amide bonds. The molecule has 0 aliphatic carbocycles. The van der Waals surface area contributed by atoms with E-state index in [2.05, 4.69) is 11.9 Å². The molecule has 1 aromatic rings. The van der Waals surface area contributed by atoms with Crippen LogP contribution < -0.4 is 15.2 Å². The van der Waals surface area contributed by atoms with Crippen LogP contribution in [-0.4, -0.2) is 38.3 Å². The number of hydrogen-bond donors (Lipinski definition) is 1. The summed E-state index contributed by atoms with van der Waals surface area (Å²) in [5, 5.41) is 0. The van der Waals surface area contributed by atoms with Gasteiger partial charge in [0.1, 0.15) is 6.10 Å². The van der Waals surface area contributed by atoms with E-state index >= 15 is 0 Å². The van der Waals surface area contributed by atoms with Crippen LogP contribution in [0.2, 0.25) is 0 Å². The van der Waals surface area contributed by atoms with Crippen molar-refractivity contribution in [3.05, 3.63) is 23.8 Å². The van der Waals surface area contributed by atoms with E-state index in [4.69, 9.17) is 15.2 Å². The second-order valence-electron chi connectivity index (χ2n) is 5.85. The SMILES string of the molecule is COc1c(OC2CCN(C)C2)cccc1C(C)(C)N. The molecule has 0 spiro atoms. The maximum atomic E-state index is 6.19. The summed E-state index contributed by atoms with van der Waals surface area (Å²) in [5.74, 6) is 1.54. The predicted molar refractivity (Wildman–Crippen MR) is 76.7 cm³/mol. The van der Waals surface area contributed by atoms with E-state index < -0.39 is 5.54 Å². The Hall–Kier alpha value is -1.26. The second-order valence-corrected chi connectivity index (χ2v) is 5.85. The fraction of sp³-hybridized carbons (Fsp3) is 0.600. The monoisotopic (exact) mass is 264 g/mol. The highest BCUT2D eigenvalue weighted by atomic mass is 16.5. The fourth-order valence-corrected chi connectivity index (χ4v) is 2.50. The molecule has 4 heteroatoms. The van der Waals surface area contributed by atoms with Gasteiger partial charge in [0.05, 0.1) is 7.11 Å². The van der Waals surface area contributed by atoms with Gasteiger partial charge in [0.2, 0.25) is 0 Å². The van der Waals surface area contributed by atoms with Gasteiger partial charge in [0.15, 0.2) is 11.5 Å². The minimum atomic E-state index is -0.447. The van der Waals surface area contributed by atoms with Crippen LogP contribution in [0, 0.1) is 0 Å². The van der Waals surface area contributed by atoms with Crippen LogP contribution in [0.5, 0.6) is 11.5 Å². The average molecular weight is 264 g/mol. The van der Waals surface area contributed by atoms with Gasteiger partial charge < -0.3 is 20.1 Å². The molecule has 0 saturated carbocycles. The molecular weight excluding hydrogens is 240 g/mol. The van der Waals surface area contributed by atoms with E-state index in [0.717, 1.165) is 36.6 Å². The molecule has 1 fully saturated rings. The molecule has 1 aliphatic rings. The van der Waals surface area contributed by atoms with Crippen LogP contribution in [0.1, 0.15) is 25.8 Å². The highest BCUT2D eigenvalue weighted by Gasteiger charge is 2.25. The Morgan fingerprint density at radius 2 is 2.11 bits per heavy atom. The van der Waals surface area contributed by atoms with Crippen LogP contribution in [0.4, 0.5) is 0 Å². The van der Waals surface area contributed by atoms with Crippen LogP contribution >= 0.6 is 0 Å². The minimum absolute atomic E-state index is 0.232. The Morgan fingerprint density at radius 1 is 1.37 bits per heavy atom. The highest BCUT2D eigenvalue weighted by molar-refractivity contribution is 5.49. The number of ether oxygens (including phenoxy) is 2. The first-order valence-corrected chi connectivity index (χ1v) is 6.73. The van der Waals surface area contributed by atoms with Crippen molar-refractivity contribution in [2.24, 2.45) is 5.73 Å². The summed E-state index contributed by atoms with van der Waals surface area (Å²) in [6, 6.07) is 5.92. The van der Waals surface area contributed by atoms with E-state index in [0.29, 0.717) is 0 Å². The minimum Gasteiger partial charge on any atom is -0.493 e. The molecule has 4 nitrogen and oxygen atoms in total. The number of rotatable bonds is 4. The molecule has 19 heavy (non-hydrogen) atoms. The Kier molecular flexibility index (Phi) is 4.02. The number of methoxy groups -OCH3 is 1. The van der Waals surface area contributed by atoms with Gasteiger partial charge >= 0.3 is 0 Å². The lowest BCUT2D eigenvalue weighted by Crippen LogP contribution is -2.29. The Bertz CT molecular complexity index is 440. The molecule has 0 aromatic heterocycles. The van der Waals surface area contributed by atoms with Crippen LogP contribution in [-0.2, 0) is 5.54 Å². The molecule has 1 aromatic carbocycles. The van der Waals surface area contributed by atoms with E-state index in [1.165, 1.54) is 0 Å². The summed E-state index contributed by atoms with van der Waals surface area (Å²) < 4.78 is 11.6. The van der Waals surface area contributed by atoms with Crippen molar-refractivity contribution in [2.75, 3.05) is 27.2 Å². The third kappa shape index (κ3) is 3.19. The predicted octanol–water partition coefficient (Wildman–Crippen LogP) is 1.97. The molecule has 2 N–H and O–H groups in total. The van der Waals surface area contributed by atoms with Gasteiger partial charge in [-0.1, -0.05) is 12.1 Å². The smallest absolute Gasteiger partial charge is 0.165 e. The van der Waals surface area contributed by atoms with E-state index in [1.807, 2.05) is 32.0 Å². The van der Waals surface area contributed by atoms with Crippen molar-refractivity contribution in [1.29, 1.82) is 0 Å². The lowest BCUT2D eigenvalue weighted by atomic mass is 9.94. The van der Waals surface area contributed by atoms with Crippen molar-refractivity contribution < 1.29 is 9.47 Å². The largest absolute Gasteiger partial charge is 0.493 e. The van der Waals surface area contributed by atoms with Crippen LogP contribution in [0.25, 0.3) is 0 Å². The summed E-state index contributed by atoms with van der Waals surface area (Å²) in [6.45, 7) is 5.98. The number of para-hydroxylation sites is 1. The average Bonchev–Trinajstić information content (AvgIpc) is 2.73. The first-order chi connectivity index (χ1) is 8.91. The first-order valence-electron chi connectivity index (χ1n) is 6.73. The maximum absolute atomic E-state index is 6.19. The second kappa shape index (κ2) is 5.39. The van der Waals surface area contributed by atoms with Gasteiger partial charge in [-0.15, -0.1) is 0 Å². The molecule has 106 valence electrons. The van der Waals surface area contributed by atoms with Gasteiger partial charge in [-0.3, -0.25) is 0 Å². The summed E-state index contributed by atoms with van der Waals surface area (Å²) >= 11 is 0. The summed E-state index contributed by atoms with van der Waals surface area (Å²) in [4.78, 5) is 2.27. The molecule has 1 atom stereocenters. The van der Waals surface area contributed by atoms with Crippen LogP contribution in [0.3, 0.4) is 0 Å². The maximum Gasteiger partial charge on any atom is 0.165 e. The third-order valence-corrected chi connectivity index (χ3v) is 3.52. The zero-order chi connectivity index (χ0) is 14.0. The molecule has 0 bridgehead atoms. The van der Waals surface area contributed by atoms with Gasteiger partial charge in [-0.05, 0) is 33.4 Å². The molecule has 1 unspecified atom stereocenters. The molecule has 1 saturated heterocycles. The topological polar surface area (TPSA) is 47.7 Å². The van der Waals surface area contributed by atoms with Crippen LogP contribution in [0.15, 0.2) is 18.2 Å². The standard InChI is InChI=1S/C15H24N2O2/c1-15(2,16)12-6-5-7-13(14(12)18-4)19-11-8-9-17(3)10-11/h5-7,11H,8-10,16H2,1-4H3. The summed E-state index contributed by atoms with van der Waals surface area (Å²) in [5.41, 5.74) is 6.71. The van der Waals surface area contributed by atoms with Crippen molar-refractivity contribution in [2.45, 2.75) is 31.9 Å². The van der Waals surface area contributed by atoms with Gasteiger partial charge in [-0.2, -0.15) is 0 Å². The Labute approximate surface area is 115 Å². The zero-order valence-electron chi connectivity index (χ0n) is 12.3. The van der Waals surface area contributed by atoms with Crippen molar-refractivity contribution in [3.63, 3.8) is 0 Å². The van der Waals surface area contributed by atoms with Crippen molar-refractivity contribution >= 4 is 0 Å². The molecule has 1 heterocycles. The quantitative estimate of drug-likeness (QED) is 0.903. The van der Waals surface area contributed by atoms with E-state index in [-0.39, 0.29) is 6.10 Å². The molecule has 0 radical (unpaired) electrons. The van der Waals surface area contributed by atoms with E-state index in [9.17, 15) is 0 Å². The number of likely N-dealkylation sites (N-methyl/N-ethyl adjacent to an activating group) is 1. The summed E-state index contributed by atoms with van der Waals surface area (Å²) in [6.07, 6.45) is 1.28. The Morgan fingerprint density at radius 3 is 2.63 bits per heavy atom.